The Bertz CT molecular complexity index is 1210. The topological polar surface area (TPSA) is 83.0 Å². The Hall–Kier alpha value is -2.49. The molecule has 0 atom stereocenters. The highest BCUT2D eigenvalue weighted by molar-refractivity contribution is 9.10. The number of thioether (sulfide) groups is 1. The number of hydrogen-bond acceptors (Lipinski definition) is 7. The Morgan fingerprint density at radius 2 is 1.93 bits per heavy atom. The Morgan fingerprint density at radius 3 is 2.73 bits per heavy atom. The predicted octanol–water partition coefficient (Wildman–Crippen LogP) is 4.07. The van der Waals surface area contributed by atoms with Crippen LogP contribution in [0.5, 0.6) is 0 Å². The first kappa shape index (κ1) is 20.8. The summed E-state index contributed by atoms with van der Waals surface area (Å²) in [6.45, 7) is 0.826. The third-order valence-corrected chi connectivity index (χ3v) is 5.89. The van der Waals surface area contributed by atoms with Crippen LogP contribution in [-0.4, -0.2) is 33.5 Å². The Kier molecular flexibility index (Phi) is 6.61. The molecule has 0 N–H and O–H groups in total. The van der Waals surface area contributed by atoms with E-state index in [9.17, 15) is 4.79 Å². The summed E-state index contributed by atoms with van der Waals surface area (Å²) in [5, 5.41) is 9.42. The molecule has 2 aromatic heterocycles. The molecule has 154 valence electrons. The first-order valence-corrected chi connectivity index (χ1v) is 11.1. The molecule has 0 fully saturated rings. The molecule has 0 bridgehead atoms. The molecule has 0 spiro atoms. The highest BCUT2D eigenvalue weighted by Crippen LogP contribution is 2.23. The SMILES string of the molecule is COCCn1c(SCc2nnc(Cc3ccccc3)o2)nc2ccc(Br)cc2c1=O. The van der Waals surface area contributed by atoms with Gasteiger partial charge < -0.3 is 9.15 Å². The van der Waals surface area contributed by atoms with Gasteiger partial charge in [-0.3, -0.25) is 9.36 Å². The van der Waals surface area contributed by atoms with E-state index in [-0.39, 0.29) is 5.56 Å². The molecule has 2 heterocycles. The van der Waals surface area contributed by atoms with E-state index in [0.717, 1.165) is 10.0 Å². The van der Waals surface area contributed by atoms with Gasteiger partial charge >= 0.3 is 0 Å². The molecule has 7 nitrogen and oxygen atoms in total. The number of aromatic nitrogens is 4. The van der Waals surface area contributed by atoms with E-state index in [4.69, 9.17) is 9.15 Å². The van der Waals surface area contributed by atoms with Gasteiger partial charge in [0.25, 0.3) is 5.56 Å². The molecular formula is C21H19BrN4O3S. The first-order chi connectivity index (χ1) is 14.6. The summed E-state index contributed by atoms with van der Waals surface area (Å²) in [7, 11) is 1.61. The fraction of sp³-hybridized carbons (Fsp3) is 0.238. The van der Waals surface area contributed by atoms with Crippen LogP contribution < -0.4 is 5.56 Å². The van der Waals surface area contributed by atoms with Gasteiger partial charge in [0.15, 0.2) is 5.16 Å². The average Bonchev–Trinajstić information content (AvgIpc) is 3.20. The van der Waals surface area contributed by atoms with Crippen LogP contribution >= 0.6 is 27.7 Å². The molecular weight excluding hydrogens is 468 g/mol. The van der Waals surface area contributed by atoms with Crippen molar-refractivity contribution in [1.29, 1.82) is 0 Å². The predicted molar refractivity (Wildman–Crippen MR) is 119 cm³/mol. The third-order valence-electron chi connectivity index (χ3n) is 4.43. The lowest BCUT2D eigenvalue weighted by Crippen LogP contribution is -2.25. The third kappa shape index (κ3) is 4.80. The van der Waals surface area contributed by atoms with Crippen molar-refractivity contribution < 1.29 is 9.15 Å². The Balaban J connectivity index is 1.56. The van der Waals surface area contributed by atoms with Crippen LogP contribution in [0.25, 0.3) is 10.9 Å². The van der Waals surface area contributed by atoms with Crippen LogP contribution in [0.3, 0.4) is 0 Å². The molecule has 0 saturated heterocycles. The molecule has 30 heavy (non-hydrogen) atoms. The van der Waals surface area contributed by atoms with Crippen molar-refractivity contribution in [1.82, 2.24) is 19.7 Å². The first-order valence-electron chi connectivity index (χ1n) is 9.31. The summed E-state index contributed by atoms with van der Waals surface area (Å²) < 4.78 is 13.4. The minimum Gasteiger partial charge on any atom is -0.424 e. The standard InChI is InChI=1S/C21H19BrN4O3S/c1-28-10-9-26-20(27)16-12-15(22)7-8-17(16)23-21(26)30-13-19-25-24-18(29-19)11-14-5-3-2-4-6-14/h2-8,12H,9-11,13H2,1H3. The number of halogens is 1. The van der Waals surface area contributed by atoms with Gasteiger partial charge in [-0.2, -0.15) is 0 Å². The van der Waals surface area contributed by atoms with Crippen molar-refractivity contribution >= 4 is 38.6 Å². The molecule has 9 heteroatoms. The van der Waals surface area contributed by atoms with Crippen LogP contribution in [0.1, 0.15) is 17.3 Å². The fourth-order valence-electron chi connectivity index (χ4n) is 2.98. The molecule has 0 aliphatic carbocycles. The smallest absolute Gasteiger partial charge is 0.262 e. The normalized spacial score (nSPS) is 11.3. The van der Waals surface area contributed by atoms with E-state index in [0.29, 0.717) is 53.2 Å². The van der Waals surface area contributed by atoms with Gasteiger partial charge in [-0.25, -0.2) is 4.98 Å². The van der Waals surface area contributed by atoms with Gasteiger partial charge in [-0.1, -0.05) is 58.0 Å². The number of hydrogen-bond donors (Lipinski definition) is 0. The lowest BCUT2D eigenvalue weighted by atomic mass is 10.2. The lowest BCUT2D eigenvalue weighted by Gasteiger charge is -2.12. The zero-order valence-corrected chi connectivity index (χ0v) is 18.6. The second kappa shape index (κ2) is 9.55. The molecule has 4 aromatic rings. The van der Waals surface area contributed by atoms with Gasteiger partial charge in [0.1, 0.15) is 0 Å². The van der Waals surface area contributed by atoms with Crippen molar-refractivity contribution in [2.24, 2.45) is 0 Å². The minimum absolute atomic E-state index is 0.101. The summed E-state index contributed by atoms with van der Waals surface area (Å²) in [5.41, 5.74) is 1.65. The van der Waals surface area contributed by atoms with E-state index >= 15 is 0 Å². The summed E-state index contributed by atoms with van der Waals surface area (Å²) in [6, 6.07) is 15.5. The lowest BCUT2D eigenvalue weighted by molar-refractivity contribution is 0.183. The van der Waals surface area contributed by atoms with Crippen LogP contribution in [0.2, 0.25) is 0 Å². The van der Waals surface area contributed by atoms with Gasteiger partial charge in [-0.05, 0) is 23.8 Å². The number of benzene rings is 2. The summed E-state index contributed by atoms with van der Waals surface area (Å²) >= 11 is 4.81. The van der Waals surface area contributed by atoms with Crippen LogP contribution in [0, 0.1) is 0 Å². The van der Waals surface area contributed by atoms with Crippen molar-refractivity contribution in [3.8, 4) is 0 Å². The molecule has 0 aliphatic heterocycles. The Labute approximate surface area is 185 Å². The van der Waals surface area contributed by atoms with Gasteiger partial charge in [0, 0.05) is 11.6 Å². The van der Waals surface area contributed by atoms with Gasteiger partial charge in [0.05, 0.1) is 36.2 Å². The number of fused-ring (bicyclic) bond motifs is 1. The second-order valence-corrected chi connectivity index (χ2v) is 8.40. The average molecular weight is 487 g/mol. The van der Waals surface area contributed by atoms with Gasteiger partial charge in [0.2, 0.25) is 11.8 Å². The van der Waals surface area contributed by atoms with Crippen LogP contribution in [0.4, 0.5) is 0 Å². The van der Waals surface area contributed by atoms with Crippen molar-refractivity contribution in [2.75, 3.05) is 13.7 Å². The van der Waals surface area contributed by atoms with Crippen molar-refractivity contribution in [3.63, 3.8) is 0 Å². The van der Waals surface area contributed by atoms with Crippen LogP contribution in [0.15, 0.2) is 67.4 Å². The molecule has 0 radical (unpaired) electrons. The highest BCUT2D eigenvalue weighted by atomic mass is 79.9. The zero-order chi connectivity index (χ0) is 20.9. The van der Waals surface area contributed by atoms with E-state index in [1.165, 1.54) is 11.8 Å². The van der Waals surface area contributed by atoms with E-state index in [2.05, 4.69) is 31.1 Å². The summed E-state index contributed by atoms with van der Waals surface area (Å²) in [4.78, 5) is 17.7. The minimum atomic E-state index is -0.101. The van der Waals surface area contributed by atoms with E-state index in [1.54, 1.807) is 17.7 Å². The van der Waals surface area contributed by atoms with E-state index in [1.807, 2.05) is 42.5 Å². The summed E-state index contributed by atoms with van der Waals surface area (Å²) in [6.07, 6.45) is 0.583. The zero-order valence-electron chi connectivity index (χ0n) is 16.2. The van der Waals surface area contributed by atoms with E-state index < -0.39 is 0 Å². The van der Waals surface area contributed by atoms with Gasteiger partial charge in [-0.15, -0.1) is 10.2 Å². The van der Waals surface area contributed by atoms with Crippen LogP contribution in [-0.2, 0) is 23.5 Å². The number of methoxy groups -OCH3 is 1. The number of rotatable bonds is 8. The molecule has 0 unspecified atom stereocenters. The Morgan fingerprint density at radius 1 is 1.13 bits per heavy atom. The molecule has 0 saturated carbocycles. The highest BCUT2D eigenvalue weighted by Gasteiger charge is 2.14. The molecule has 0 aliphatic rings. The maximum atomic E-state index is 13.0. The largest absolute Gasteiger partial charge is 0.424 e. The fourth-order valence-corrected chi connectivity index (χ4v) is 4.20. The van der Waals surface area contributed by atoms with Crippen molar-refractivity contribution in [2.45, 2.75) is 23.9 Å². The number of nitrogens with zero attached hydrogens (tertiary/aromatic N) is 4. The number of ether oxygens (including phenoxy) is 1. The maximum Gasteiger partial charge on any atom is 0.262 e. The monoisotopic (exact) mass is 486 g/mol. The molecule has 0 amide bonds. The maximum absolute atomic E-state index is 13.0. The summed E-state index contributed by atoms with van der Waals surface area (Å²) in [5.74, 6) is 1.47. The quantitative estimate of drug-likeness (QED) is 0.274. The van der Waals surface area contributed by atoms with Crippen molar-refractivity contribution in [3.05, 3.63) is 80.7 Å². The second-order valence-electron chi connectivity index (χ2n) is 6.55. The molecule has 2 aromatic carbocycles. The molecule has 4 rings (SSSR count).